The molecule has 0 spiro atoms. The van der Waals surface area contributed by atoms with Crippen LogP contribution in [0.1, 0.15) is 24.3 Å². The summed E-state index contributed by atoms with van der Waals surface area (Å²) < 4.78 is 38.7. The first-order valence-corrected chi connectivity index (χ1v) is 14.3. The van der Waals surface area contributed by atoms with E-state index < -0.39 is 22.1 Å². The number of rotatable bonds is 7. The van der Waals surface area contributed by atoms with Crippen LogP contribution in [0.25, 0.3) is 0 Å². The van der Waals surface area contributed by atoms with Gasteiger partial charge in [-0.05, 0) is 54.7 Å². The lowest BCUT2D eigenvalue weighted by molar-refractivity contribution is -0.133. The Morgan fingerprint density at radius 2 is 1.56 bits per heavy atom. The Hall–Kier alpha value is -4.05. The number of ether oxygens (including phenoxy) is 2. The Morgan fingerprint density at radius 1 is 0.872 bits per heavy atom. The fraction of sp³-hybridized carbons (Fsp3) is 0.310. The first-order valence-electron chi connectivity index (χ1n) is 12.8. The van der Waals surface area contributed by atoms with Gasteiger partial charge in [0, 0.05) is 24.8 Å². The highest BCUT2D eigenvalue weighted by molar-refractivity contribution is 7.89. The van der Waals surface area contributed by atoms with Gasteiger partial charge >= 0.3 is 6.03 Å². The topological polar surface area (TPSA) is 96.5 Å². The third-order valence-electron chi connectivity index (χ3n) is 7.40. The molecule has 204 valence electrons. The summed E-state index contributed by atoms with van der Waals surface area (Å²) in [5.41, 5.74) is 1.58. The number of piperidine rings is 1. The van der Waals surface area contributed by atoms with Crippen molar-refractivity contribution < 1.29 is 27.5 Å². The Balaban J connectivity index is 1.40. The van der Waals surface area contributed by atoms with Crippen LogP contribution in [0.3, 0.4) is 0 Å². The fourth-order valence-electron chi connectivity index (χ4n) is 5.35. The van der Waals surface area contributed by atoms with Gasteiger partial charge < -0.3 is 14.4 Å². The lowest BCUT2D eigenvalue weighted by atomic mass is 9.88. The van der Waals surface area contributed by atoms with Gasteiger partial charge in [0.2, 0.25) is 5.91 Å². The van der Waals surface area contributed by atoms with E-state index in [1.807, 2.05) is 18.2 Å². The van der Waals surface area contributed by atoms with E-state index in [1.54, 1.807) is 54.5 Å². The number of amides is 3. The zero-order chi connectivity index (χ0) is 27.6. The molecular weight excluding hydrogens is 518 g/mol. The van der Waals surface area contributed by atoms with Crippen LogP contribution in [0.4, 0.5) is 10.5 Å². The molecule has 2 fully saturated rings. The van der Waals surface area contributed by atoms with Crippen LogP contribution in [0.2, 0.25) is 0 Å². The molecule has 10 heteroatoms. The van der Waals surface area contributed by atoms with Crippen LogP contribution in [-0.4, -0.2) is 69.5 Å². The lowest BCUT2D eigenvalue weighted by Crippen LogP contribution is -2.50. The number of nitrogens with zero attached hydrogens (tertiary/aromatic N) is 3. The number of sulfonamides is 1. The van der Waals surface area contributed by atoms with Gasteiger partial charge in [0.25, 0.3) is 10.0 Å². The van der Waals surface area contributed by atoms with Gasteiger partial charge in [-0.3, -0.25) is 9.69 Å². The second-order valence-corrected chi connectivity index (χ2v) is 11.4. The van der Waals surface area contributed by atoms with E-state index in [1.165, 1.54) is 24.1 Å². The number of methoxy groups -OCH3 is 2. The van der Waals surface area contributed by atoms with Gasteiger partial charge in [0.1, 0.15) is 17.5 Å². The van der Waals surface area contributed by atoms with Crippen molar-refractivity contribution in [1.29, 1.82) is 0 Å². The van der Waals surface area contributed by atoms with Crippen LogP contribution in [0.15, 0.2) is 83.8 Å². The maximum Gasteiger partial charge on any atom is 0.339 e. The first-order chi connectivity index (χ1) is 18.8. The molecule has 39 heavy (non-hydrogen) atoms. The van der Waals surface area contributed by atoms with Crippen LogP contribution in [-0.2, 0) is 14.8 Å². The van der Waals surface area contributed by atoms with Crippen molar-refractivity contribution >= 4 is 27.6 Å². The molecule has 9 nitrogen and oxygen atoms in total. The smallest absolute Gasteiger partial charge is 0.339 e. The van der Waals surface area contributed by atoms with E-state index >= 15 is 0 Å². The van der Waals surface area contributed by atoms with Crippen LogP contribution < -0.4 is 14.4 Å². The van der Waals surface area contributed by atoms with Gasteiger partial charge in [-0.15, -0.1) is 0 Å². The molecule has 0 saturated carbocycles. The Morgan fingerprint density at radius 3 is 2.26 bits per heavy atom. The van der Waals surface area contributed by atoms with E-state index in [0.29, 0.717) is 24.5 Å². The van der Waals surface area contributed by atoms with Crippen LogP contribution in [0.5, 0.6) is 11.5 Å². The van der Waals surface area contributed by atoms with Crippen LogP contribution >= 0.6 is 0 Å². The summed E-state index contributed by atoms with van der Waals surface area (Å²) in [6.45, 7) is 0.716. The Labute approximate surface area is 228 Å². The van der Waals surface area contributed by atoms with Gasteiger partial charge in [-0.25, -0.2) is 17.5 Å². The minimum atomic E-state index is -4.23. The maximum atomic E-state index is 13.9. The minimum Gasteiger partial charge on any atom is -0.497 e. The van der Waals surface area contributed by atoms with E-state index in [4.69, 9.17) is 9.47 Å². The SMILES string of the molecule is COc1cccc(S(=O)(=O)N2CC(C(=O)N3CCC(c4ccccc4OC)CC3)N(c3ccccc3)C2=O)c1. The second-order valence-electron chi connectivity index (χ2n) is 9.56. The van der Waals surface area contributed by atoms with Crippen molar-refractivity contribution in [3.63, 3.8) is 0 Å². The number of carbonyl (C=O) groups is 2. The third kappa shape index (κ3) is 5.04. The molecule has 2 saturated heterocycles. The molecule has 3 aromatic carbocycles. The van der Waals surface area contributed by atoms with Crippen molar-refractivity contribution in [2.24, 2.45) is 0 Å². The van der Waals surface area contributed by atoms with Gasteiger partial charge in [-0.1, -0.05) is 42.5 Å². The zero-order valence-corrected chi connectivity index (χ0v) is 22.7. The Bertz CT molecular complexity index is 1450. The molecule has 2 aliphatic heterocycles. The number of hydrogen-bond donors (Lipinski definition) is 0. The number of likely N-dealkylation sites (tertiary alicyclic amines) is 1. The van der Waals surface area contributed by atoms with E-state index in [0.717, 1.165) is 28.5 Å². The molecule has 0 aromatic heterocycles. The summed E-state index contributed by atoms with van der Waals surface area (Å²) in [6.07, 6.45) is 1.48. The quantitative estimate of drug-likeness (QED) is 0.440. The zero-order valence-electron chi connectivity index (χ0n) is 21.9. The fourth-order valence-corrected chi connectivity index (χ4v) is 6.75. The summed E-state index contributed by atoms with van der Waals surface area (Å²) in [7, 11) is -1.14. The number of hydrogen-bond acceptors (Lipinski definition) is 6. The van der Waals surface area contributed by atoms with Gasteiger partial charge in [-0.2, -0.15) is 0 Å². The number of anilines is 1. The normalized spacial score (nSPS) is 18.4. The summed E-state index contributed by atoms with van der Waals surface area (Å²) in [4.78, 5) is 30.5. The molecule has 1 atom stereocenters. The number of para-hydroxylation sites is 2. The number of carbonyl (C=O) groups excluding carboxylic acids is 2. The van der Waals surface area contributed by atoms with Crippen molar-refractivity contribution in [3.05, 3.63) is 84.4 Å². The first kappa shape index (κ1) is 26.6. The number of benzene rings is 3. The minimum absolute atomic E-state index is 0.0751. The van der Waals surface area contributed by atoms with E-state index in [9.17, 15) is 18.0 Å². The molecule has 3 aromatic rings. The van der Waals surface area contributed by atoms with Crippen molar-refractivity contribution in [3.8, 4) is 11.5 Å². The monoisotopic (exact) mass is 549 g/mol. The average Bonchev–Trinajstić information content (AvgIpc) is 3.35. The summed E-state index contributed by atoms with van der Waals surface area (Å²) in [6, 6.07) is 20.8. The molecule has 0 radical (unpaired) electrons. The van der Waals surface area contributed by atoms with Crippen molar-refractivity contribution in [2.75, 3.05) is 38.8 Å². The van der Waals surface area contributed by atoms with E-state index in [2.05, 4.69) is 6.07 Å². The molecule has 0 bridgehead atoms. The molecule has 5 rings (SSSR count). The summed E-state index contributed by atoms with van der Waals surface area (Å²) in [5.74, 6) is 1.16. The average molecular weight is 550 g/mol. The molecule has 2 aliphatic rings. The number of urea groups is 1. The van der Waals surface area contributed by atoms with Crippen LogP contribution in [0, 0.1) is 0 Å². The Kier molecular flexibility index (Phi) is 7.47. The van der Waals surface area contributed by atoms with Gasteiger partial charge in [0.05, 0.1) is 25.7 Å². The molecule has 0 aliphatic carbocycles. The molecule has 3 amide bonds. The molecule has 2 heterocycles. The maximum absolute atomic E-state index is 13.9. The van der Waals surface area contributed by atoms with Gasteiger partial charge in [0.15, 0.2) is 0 Å². The highest BCUT2D eigenvalue weighted by atomic mass is 32.2. The molecule has 0 N–H and O–H groups in total. The largest absolute Gasteiger partial charge is 0.497 e. The highest BCUT2D eigenvalue weighted by Gasteiger charge is 2.49. The third-order valence-corrected chi connectivity index (χ3v) is 9.14. The highest BCUT2D eigenvalue weighted by Crippen LogP contribution is 2.36. The summed E-state index contributed by atoms with van der Waals surface area (Å²) in [5, 5.41) is 0. The summed E-state index contributed by atoms with van der Waals surface area (Å²) >= 11 is 0. The van der Waals surface area contributed by atoms with Crippen molar-refractivity contribution in [1.82, 2.24) is 9.21 Å². The molecule has 1 unspecified atom stereocenters. The standard InChI is InChI=1S/C29H31N3O6S/c1-37-23-11-8-12-24(19-23)39(35,36)31-20-26(32(29(31)34)22-9-4-3-5-10-22)28(33)30-17-15-21(16-18-30)25-13-6-7-14-27(25)38-2/h3-14,19,21,26H,15-18,20H2,1-2H3. The predicted octanol–water partition coefficient (Wildman–Crippen LogP) is 4.11. The van der Waals surface area contributed by atoms with E-state index in [-0.39, 0.29) is 23.3 Å². The predicted molar refractivity (Wildman–Crippen MR) is 147 cm³/mol. The molecular formula is C29H31N3O6S. The second kappa shape index (κ2) is 11.0. The lowest BCUT2D eigenvalue weighted by Gasteiger charge is -2.35. The van der Waals surface area contributed by atoms with Crippen molar-refractivity contribution in [2.45, 2.75) is 29.7 Å².